The molecule has 0 aromatic rings. The number of carboxylic acid groups (broad SMARTS) is 1. The lowest BCUT2D eigenvalue weighted by atomic mass is 9.96. The quantitative estimate of drug-likeness (QED) is 0.674. The van der Waals surface area contributed by atoms with Crippen LogP contribution in [0, 0.1) is 5.92 Å². The lowest BCUT2D eigenvalue weighted by Crippen LogP contribution is -2.54. The van der Waals surface area contributed by atoms with Crippen molar-refractivity contribution in [1.82, 2.24) is 15.5 Å². The second kappa shape index (κ2) is 6.04. The van der Waals surface area contributed by atoms with Crippen LogP contribution in [0.5, 0.6) is 0 Å². The third-order valence-corrected chi connectivity index (χ3v) is 3.77. The average molecular weight is 255 g/mol. The van der Waals surface area contributed by atoms with Gasteiger partial charge in [0, 0.05) is 12.5 Å². The van der Waals surface area contributed by atoms with Gasteiger partial charge in [0.2, 0.25) is 5.91 Å². The molecule has 2 fully saturated rings. The van der Waals surface area contributed by atoms with Crippen molar-refractivity contribution in [2.75, 3.05) is 19.6 Å². The Hall–Kier alpha value is -1.30. The minimum atomic E-state index is -0.940. The van der Waals surface area contributed by atoms with Gasteiger partial charge in [0.05, 0.1) is 0 Å². The first-order chi connectivity index (χ1) is 8.68. The van der Waals surface area contributed by atoms with Gasteiger partial charge in [0.1, 0.15) is 6.17 Å². The van der Waals surface area contributed by atoms with E-state index in [1.165, 1.54) is 4.90 Å². The smallest absolute Gasteiger partial charge is 0.408 e. The molecule has 1 unspecified atom stereocenters. The van der Waals surface area contributed by atoms with E-state index in [1.54, 1.807) is 0 Å². The number of carbonyl (C=O) groups excluding carboxylic acids is 1. The molecule has 0 spiro atoms. The van der Waals surface area contributed by atoms with E-state index in [0.29, 0.717) is 6.54 Å². The third-order valence-electron chi connectivity index (χ3n) is 3.77. The molecular formula is C12H21N3O3. The van der Waals surface area contributed by atoms with Crippen LogP contribution in [0.1, 0.15) is 32.1 Å². The molecule has 0 radical (unpaired) electrons. The molecule has 0 saturated carbocycles. The molecule has 2 saturated heterocycles. The molecule has 3 N–H and O–H groups in total. The molecule has 6 heteroatoms. The van der Waals surface area contributed by atoms with E-state index in [9.17, 15) is 9.59 Å². The molecule has 2 amide bonds. The van der Waals surface area contributed by atoms with Crippen molar-refractivity contribution in [2.24, 2.45) is 5.92 Å². The van der Waals surface area contributed by atoms with E-state index >= 15 is 0 Å². The Balaban J connectivity index is 1.89. The Morgan fingerprint density at radius 3 is 2.56 bits per heavy atom. The first-order valence-corrected chi connectivity index (χ1v) is 6.69. The van der Waals surface area contributed by atoms with E-state index in [1.807, 2.05) is 0 Å². The third kappa shape index (κ3) is 3.13. The number of hydrogen-bond donors (Lipinski definition) is 3. The Kier molecular flexibility index (Phi) is 4.41. The highest BCUT2D eigenvalue weighted by atomic mass is 16.4. The number of amides is 2. The molecule has 0 bridgehead atoms. The Morgan fingerprint density at radius 1 is 1.17 bits per heavy atom. The maximum atomic E-state index is 12.1. The van der Waals surface area contributed by atoms with E-state index in [-0.39, 0.29) is 18.0 Å². The Labute approximate surface area is 107 Å². The predicted octanol–water partition coefficient (Wildman–Crippen LogP) is 0.592. The van der Waals surface area contributed by atoms with Crippen LogP contribution in [-0.4, -0.2) is 47.8 Å². The van der Waals surface area contributed by atoms with Gasteiger partial charge in [-0.2, -0.15) is 0 Å². The van der Waals surface area contributed by atoms with Crippen LogP contribution < -0.4 is 10.6 Å². The number of piperidine rings is 2. The normalized spacial score (nSPS) is 25.8. The molecule has 102 valence electrons. The van der Waals surface area contributed by atoms with E-state index < -0.39 is 6.09 Å². The summed E-state index contributed by atoms with van der Waals surface area (Å²) in [4.78, 5) is 24.5. The summed E-state index contributed by atoms with van der Waals surface area (Å²) in [5, 5.41) is 15.2. The van der Waals surface area contributed by atoms with Crippen molar-refractivity contribution in [2.45, 2.75) is 38.3 Å². The standard InChI is InChI=1S/C12H21N3O3/c16-11(9-4-6-13-7-5-9)14-10-3-1-2-8-15(10)12(17)18/h9-10,13H,1-8H2,(H,14,16)(H,17,18). The molecule has 2 rings (SSSR count). The summed E-state index contributed by atoms with van der Waals surface area (Å²) >= 11 is 0. The van der Waals surface area contributed by atoms with Crippen LogP contribution in [-0.2, 0) is 4.79 Å². The average Bonchev–Trinajstić information content (AvgIpc) is 2.40. The lowest BCUT2D eigenvalue weighted by Gasteiger charge is -2.35. The molecule has 18 heavy (non-hydrogen) atoms. The van der Waals surface area contributed by atoms with Crippen LogP contribution in [0.15, 0.2) is 0 Å². The SMILES string of the molecule is O=C(NC1CCCCN1C(=O)O)C1CCNCC1. The molecule has 0 aliphatic carbocycles. The van der Waals surface area contributed by atoms with Gasteiger partial charge < -0.3 is 15.7 Å². The van der Waals surface area contributed by atoms with Gasteiger partial charge in [-0.25, -0.2) is 4.79 Å². The van der Waals surface area contributed by atoms with Gasteiger partial charge in [-0.05, 0) is 45.2 Å². The molecule has 2 aliphatic rings. The van der Waals surface area contributed by atoms with Gasteiger partial charge in [0.25, 0.3) is 0 Å². The molecular weight excluding hydrogens is 234 g/mol. The number of hydrogen-bond acceptors (Lipinski definition) is 3. The van der Waals surface area contributed by atoms with Crippen LogP contribution in [0.3, 0.4) is 0 Å². The van der Waals surface area contributed by atoms with Crippen LogP contribution in [0.2, 0.25) is 0 Å². The van der Waals surface area contributed by atoms with Gasteiger partial charge >= 0.3 is 6.09 Å². The first-order valence-electron chi connectivity index (χ1n) is 6.69. The van der Waals surface area contributed by atoms with Crippen molar-refractivity contribution in [3.05, 3.63) is 0 Å². The topological polar surface area (TPSA) is 81.7 Å². The van der Waals surface area contributed by atoms with Crippen LogP contribution >= 0.6 is 0 Å². The Morgan fingerprint density at radius 2 is 1.89 bits per heavy atom. The number of nitrogens with zero attached hydrogens (tertiary/aromatic N) is 1. The fourth-order valence-electron chi connectivity index (χ4n) is 2.68. The minimum Gasteiger partial charge on any atom is -0.465 e. The monoisotopic (exact) mass is 255 g/mol. The van der Waals surface area contributed by atoms with Crippen molar-refractivity contribution in [3.63, 3.8) is 0 Å². The molecule has 2 aliphatic heterocycles. The van der Waals surface area contributed by atoms with Crippen molar-refractivity contribution < 1.29 is 14.7 Å². The van der Waals surface area contributed by atoms with E-state index in [0.717, 1.165) is 45.2 Å². The largest absolute Gasteiger partial charge is 0.465 e. The molecule has 0 aromatic heterocycles. The molecule has 1 atom stereocenters. The number of nitrogens with one attached hydrogen (secondary N) is 2. The Bertz CT molecular complexity index is 316. The predicted molar refractivity (Wildman–Crippen MR) is 66.1 cm³/mol. The summed E-state index contributed by atoms with van der Waals surface area (Å²) in [6.45, 7) is 2.25. The van der Waals surface area contributed by atoms with Gasteiger partial charge in [-0.3, -0.25) is 9.69 Å². The second-order valence-electron chi connectivity index (χ2n) is 5.02. The molecule has 0 aromatic carbocycles. The number of rotatable bonds is 2. The van der Waals surface area contributed by atoms with Crippen LogP contribution in [0.4, 0.5) is 4.79 Å². The number of likely N-dealkylation sites (tertiary alicyclic amines) is 1. The fourth-order valence-corrected chi connectivity index (χ4v) is 2.68. The zero-order valence-electron chi connectivity index (χ0n) is 10.5. The second-order valence-corrected chi connectivity index (χ2v) is 5.02. The molecule has 6 nitrogen and oxygen atoms in total. The van der Waals surface area contributed by atoms with Gasteiger partial charge in [-0.15, -0.1) is 0 Å². The summed E-state index contributed by atoms with van der Waals surface area (Å²) in [6, 6.07) is 0. The first kappa shape index (κ1) is 13.1. The fraction of sp³-hybridized carbons (Fsp3) is 0.833. The van der Waals surface area contributed by atoms with Crippen molar-refractivity contribution >= 4 is 12.0 Å². The summed E-state index contributed by atoms with van der Waals surface area (Å²) in [5.74, 6) is 0.0403. The zero-order chi connectivity index (χ0) is 13.0. The van der Waals surface area contributed by atoms with E-state index in [2.05, 4.69) is 10.6 Å². The summed E-state index contributed by atoms with van der Waals surface area (Å²) < 4.78 is 0. The maximum absolute atomic E-state index is 12.1. The maximum Gasteiger partial charge on any atom is 0.408 e. The van der Waals surface area contributed by atoms with Crippen molar-refractivity contribution in [1.29, 1.82) is 0 Å². The zero-order valence-corrected chi connectivity index (χ0v) is 10.5. The van der Waals surface area contributed by atoms with Gasteiger partial charge in [0.15, 0.2) is 0 Å². The van der Waals surface area contributed by atoms with E-state index in [4.69, 9.17) is 5.11 Å². The van der Waals surface area contributed by atoms with Crippen molar-refractivity contribution in [3.8, 4) is 0 Å². The minimum absolute atomic E-state index is 0.00894. The summed E-state index contributed by atoms with van der Waals surface area (Å²) in [6.07, 6.45) is 2.98. The van der Waals surface area contributed by atoms with Gasteiger partial charge in [-0.1, -0.05) is 0 Å². The number of carbonyl (C=O) groups is 2. The summed E-state index contributed by atoms with van der Waals surface area (Å²) in [7, 11) is 0. The molecule has 2 heterocycles. The highest BCUT2D eigenvalue weighted by molar-refractivity contribution is 5.79. The summed E-state index contributed by atoms with van der Waals surface area (Å²) in [5.41, 5.74) is 0. The highest BCUT2D eigenvalue weighted by Crippen LogP contribution is 2.17. The highest BCUT2D eigenvalue weighted by Gasteiger charge is 2.30. The lowest BCUT2D eigenvalue weighted by molar-refractivity contribution is -0.127. The van der Waals surface area contributed by atoms with Crippen LogP contribution in [0.25, 0.3) is 0 Å².